The van der Waals surface area contributed by atoms with Crippen molar-refractivity contribution in [2.45, 2.75) is 96.9 Å². The maximum absolute atomic E-state index is 6.46. The van der Waals surface area contributed by atoms with E-state index in [1.807, 2.05) is 19.9 Å². The third-order valence-corrected chi connectivity index (χ3v) is 7.56. The first kappa shape index (κ1) is 37.4. The van der Waals surface area contributed by atoms with Crippen molar-refractivity contribution in [3.8, 4) is 0 Å². The Labute approximate surface area is 253 Å². The number of allylic oxidation sites excluding steroid dienone is 24. The molecule has 0 aliphatic heterocycles. The smallest absolute Gasteiger partial charge is 0.0347 e. The SMILES string of the molecule is CC=C(C)C(=CC)C(=CC)C(=CC)C(=CC)C(=CC)C(=CC)C(=CC)C(=CC)C(=CC)C(=CC)C(=CC)C(N)=CC. The Morgan fingerprint density at radius 3 is 0.634 bits per heavy atom. The van der Waals surface area contributed by atoms with Gasteiger partial charge in [0.1, 0.15) is 0 Å². The molecule has 222 valence electrons. The Balaban J connectivity index is 7.33. The number of hydrogen-bond donors (Lipinski definition) is 1. The molecule has 0 spiro atoms. The standard InChI is InChI=1S/C40H57N/c1-15-28(14)29(16-2)30(17-3)31(18-4)32(19-5)33(20-6)34(21-7)35(22-8)36(23-9)37(24-10)38(25-11)39(26-12)40(41)27-13/h15-27H,41H2,1-14H3. The Kier molecular flexibility index (Phi) is 17.8. The van der Waals surface area contributed by atoms with Crippen LogP contribution in [-0.2, 0) is 0 Å². The molecule has 0 radical (unpaired) electrons. The summed E-state index contributed by atoms with van der Waals surface area (Å²) in [6.07, 6.45) is 28.5. The van der Waals surface area contributed by atoms with E-state index in [4.69, 9.17) is 5.73 Å². The molecule has 0 fully saturated rings. The monoisotopic (exact) mass is 551 g/mol. The van der Waals surface area contributed by atoms with Crippen LogP contribution in [0.5, 0.6) is 0 Å². The summed E-state index contributed by atoms with van der Waals surface area (Å²) >= 11 is 0. The molecule has 0 heterocycles. The number of rotatable bonds is 12. The molecule has 0 rings (SSSR count). The van der Waals surface area contributed by atoms with Crippen LogP contribution in [0.15, 0.2) is 152 Å². The van der Waals surface area contributed by atoms with Crippen LogP contribution in [0.4, 0.5) is 0 Å². The van der Waals surface area contributed by atoms with Gasteiger partial charge in [0.15, 0.2) is 0 Å². The fraction of sp³-hybridized carbons (Fsp3) is 0.350. The Morgan fingerprint density at radius 2 is 0.463 bits per heavy atom. The van der Waals surface area contributed by atoms with Gasteiger partial charge >= 0.3 is 0 Å². The predicted molar refractivity (Wildman–Crippen MR) is 189 cm³/mol. The van der Waals surface area contributed by atoms with Gasteiger partial charge in [-0.2, -0.15) is 0 Å². The summed E-state index contributed by atoms with van der Waals surface area (Å²) in [5, 5.41) is 0. The van der Waals surface area contributed by atoms with Crippen molar-refractivity contribution in [1.82, 2.24) is 0 Å². The molecule has 0 aromatic carbocycles. The van der Waals surface area contributed by atoms with Gasteiger partial charge in [0.25, 0.3) is 0 Å². The van der Waals surface area contributed by atoms with E-state index in [-0.39, 0.29) is 0 Å². The van der Waals surface area contributed by atoms with Crippen molar-refractivity contribution in [1.29, 1.82) is 0 Å². The van der Waals surface area contributed by atoms with Crippen LogP contribution in [0.1, 0.15) is 96.9 Å². The summed E-state index contributed by atoms with van der Waals surface area (Å²) in [4.78, 5) is 0. The van der Waals surface area contributed by atoms with E-state index in [1.165, 1.54) is 50.2 Å². The second-order valence-corrected chi connectivity index (χ2v) is 9.44. The first-order valence-electron chi connectivity index (χ1n) is 15.0. The van der Waals surface area contributed by atoms with E-state index in [0.717, 1.165) is 22.4 Å². The van der Waals surface area contributed by atoms with E-state index < -0.39 is 0 Å². The van der Waals surface area contributed by atoms with Crippen LogP contribution < -0.4 is 5.73 Å². The molecule has 0 aliphatic rings. The van der Waals surface area contributed by atoms with Crippen LogP contribution in [0.2, 0.25) is 0 Å². The molecule has 41 heavy (non-hydrogen) atoms. The predicted octanol–water partition coefficient (Wildman–Crippen LogP) is 12.2. The molecule has 1 nitrogen and oxygen atoms in total. The van der Waals surface area contributed by atoms with Gasteiger partial charge in [-0.1, -0.05) is 79.0 Å². The van der Waals surface area contributed by atoms with Crippen LogP contribution in [0.25, 0.3) is 0 Å². The molecule has 0 bridgehead atoms. The maximum Gasteiger partial charge on any atom is 0.0347 e. The summed E-state index contributed by atoms with van der Waals surface area (Å²) in [6.45, 7) is 29.6. The number of nitrogens with two attached hydrogens (primary N) is 1. The van der Waals surface area contributed by atoms with Gasteiger partial charge in [0, 0.05) is 11.3 Å². The van der Waals surface area contributed by atoms with E-state index in [2.05, 4.69) is 156 Å². The summed E-state index contributed by atoms with van der Waals surface area (Å²) in [5.74, 6) is 0. The molecule has 0 saturated carbocycles. The third kappa shape index (κ3) is 8.70. The van der Waals surface area contributed by atoms with E-state index in [0.29, 0.717) is 0 Å². The Bertz CT molecular complexity index is 1220. The molecule has 0 saturated heterocycles. The van der Waals surface area contributed by atoms with Gasteiger partial charge in [-0.3, -0.25) is 0 Å². The average Bonchev–Trinajstić information content (AvgIpc) is 3.00. The molecule has 0 aromatic rings. The Hall–Kier alpha value is -3.58. The minimum Gasteiger partial charge on any atom is -0.399 e. The highest BCUT2D eigenvalue weighted by molar-refractivity contribution is 5.75. The summed E-state index contributed by atoms with van der Waals surface area (Å²) in [5.41, 5.74) is 21.6. The van der Waals surface area contributed by atoms with Crippen LogP contribution in [0, 0.1) is 0 Å². The second-order valence-electron chi connectivity index (χ2n) is 9.44. The van der Waals surface area contributed by atoms with Crippen molar-refractivity contribution >= 4 is 0 Å². The fourth-order valence-corrected chi connectivity index (χ4v) is 5.49. The molecule has 0 aromatic heterocycles. The van der Waals surface area contributed by atoms with Gasteiger partial charge in [0.2, 0.25) is 0 Å². The highest BCUT2D eigenvalue weighted by atomic mass is 14.6. The topological polar surface area (TPSA) is 26.0 Å². The van der Waals surface area contributed by atoms with E-state index >= 15 is 0 Å². The van der Waals surface area contributed by atoms with Crippen LogP contribution >= 0.6 is 0 Å². The van der Waals surface area contributed by atoms with Gasteiger partial charge < -0.3 is 5.73 Å². The number of hydrogen-bond acceptors (Lipinski definition) is 1. The lowest BCUT2D eigenvalue weighted by atomic mass is 9.78. The lowest BCUT2D eigenvalue weighted by molar-refractivity contribution is 1.20. The van der Waals surface area contributed by atoms with Crippen molar-refractivity contribution in [3.05, 3.63) is 152 Å². The molecule has 0 amide bonds. The van der Waals surface area contributed by atoms with Gasteiger partial charge in [-0.15, -0.1) is 0 Å². The fourth-order valence-electron chi connectivity index (χ4n) is 5.49. The quantitative estimate of drug-likeness (QED) is 0.240. The molecule has 2 N–H and O–H groups in total. The zero-order valence-electron chi connectivity index (χ0n) is 28.6. The summed E-state index contributed by atoms with van der Waals surface area (Å²) < 4.78 is 0. The Morgan fingerprint density at radius 1 is 0.268 bits per heavy atom. The van der Waals surface area contributed by atoms with Crippen molar-refractivity contribution < 1.29 is 0 Å². The molecule has 0 aliphatic carbocycles. The molecular formula is C40H57N. The lowest BCUT2D eigenvalue weighted by Crippen LogP contribution is -2.10. The molecule has 0 unspecified atom stereocenters. The van der Waals surface area contributed by atoms with Gasteiger partial charge in [0.05, 0.1) is 0 Å². The van der Waals surface area contributed by atoms with E-state index in [9.17, 15) is 0 Å². The average molecular weight is 552 g/mol. The zero-order valence-corrected chi connectivity index (χ0v) is 28.6. The zero-order chi connectivity index (χ0) is 31.7. The largest absolute Gasteiger partial charge is 0.399 e. The van der Waals surface area contributed by atoms with Crippen molar-refractivity contribution in [2.24, 2.45) is 5.73 Å². The second kappa shape index (κ2) is 19.5. The highest BCUT2D eigenvalue weighted by Gasteiger charge is 2.24. The van der Waals surface area contributed by atoms with Crippen LogP contribution in [0.3, 0.4) is 0 Å². The third-order valence-electron chi connectivity index (χ3n) is 7.56. The summed E-state index contributed by atoms with van der Waals surface area (Å²) in [7, 11) is 0. The molecule has 1 heteroatoms. The minimum atomic E-state index is 0.779. The van der Waals surface area contributed by atoms with Crippen LogP contribution in [-0.4, -0.2) is 0 Å². The first-order valence-corrected chi connectivity index (χ1v) is 15.0. The summed E-state index contributed by atoms with van der Waals surface area (Å²) in [6, 6.07) is 0. The highest BCUT2D eigenvalue weighted by Crippen LogP contribution is 2.41. The minimum absolute atomic E-state index is 0.779. The molecular weight excluding hydrogens is 494 g/mol. The van der Waals surface area contributed by atoms with Gasteiger partial charge in [-0.05, 0) is 158 Å². The van der Waals surface area contributed by atoms with E-state index in [1.54, 1.807) is 0 Å². The lowest BCUT2D eigenvalue weighted by Gasteiger charge is -2.26. The first-order chi connectivity index (χ1) is 19.7. The van der Waals surface area contributed by atoms with Crippen molar-refractivity contribution in [3.63, 3.8) is 0 Å². The van der Waals surface area contributed by atoms with Gasteiger partial charge in [-0.25, -0.2) is 0 Å². The van der Waals surface area contributed by atoms with Crippen molar-refractivity contribution in [2.75, 3.05) is 0 Å². The maximum atomic E-state index is 6.46. The normalized spacial score (nSPS) is 17.6. The molecule has 0 atom stereocenters.